The summed E-state index contributed by atoms with van der Waals surface area (Å²) in [5.41, 5.74) is 9.58. The zero-order chi connectivity index (χ0) is 42.2. The summed E-state index contributed by atoms with van der Waals surface area (Å²) in [6.45, 7) is 2.17. The van der Waals surface area contributed by atoms with Crippen LogP contribution in [-0.2, 0) is 0 Å². The predicted molar refractivity (Wildman–Crippen MR) is 264 cm³/mol. The molecule has 298 valence electrons. The Labute approximate surface area is 370 Å². The van der Waals surface area contributed by atoms with Gasteiger partial charge in [0.05, 0.1) is 0 Å². The number of fused-ring (bicyclic) bond motifs is 3. The summed E-state index contributed by atoms with van der Waals surface area (Å²) in [6, 6.07) is 85.6. The van der Waals surface area contributed by atoms with Crippen molar-refractivity contribution in [1.82, 2.24) is 19.5 Å². The van der Waals surface area contributed by atoms with Crippen molar-refractivity contribution in [3.05, 3.63) is 242 Å². The van der Waals surface area contributed by atoms with Crippen LogP contribution in [0.2, 0.25) is 0 Å². The summed E-state index contributed by atoms with van der Waals surface area (Å²) in [5, 5.41) is 2.47. The molecular weight excluding hydrogens is 825 g/mol. The molecule has 2 aromatic heterocycles. The Bertz CT molecular complexity index is 3230. The molecule has 4 nitrogen and oxygen atoms in total. The van der Waals surface area contributed by atoms with Gasteiger partial charge >= 0.3 is 372 Å². The Balaban J connectivity index is 1.21. The van der Waals surface area contributed by atoms with E-state index in [2.05, 4.69) is 212 Å². The number of hydrogen-bond donors (Lipinski definition) is 0. The molecule has 0 atom stereocenters. The molecule has 0 radical (unpaired) electrons. The van der Waals surface area contributed by atoms with Crippen LogP contribution in [0.5, 0.6) is 0 Å². The van der Waals surface area contributed by atoms with Crippen molar-refractivity contribution in [2.45, 2.75) is 6.92 Å². The summed E-state index contributed by atoms with van der Waals surface area (Å²) in [4.78, 5) is 15.6. The van der Waals surface area contributed by atoms with Crippen LogP contribution in [0.15, 0.2) is 237 Å². The van der Waals surface area contributed by atoms with E-state index in [9.17, 15) is 0 Å². The van der Waals surface area contributed by atoms with Gasteiger partial charge in [-0.1, -0.05) is 0 Å². The number of aromatic nitrogens is 4. The second-order valence-corrected chi connectivity index (χ2v) is 24.1. The zero-order valence-electron chi connectivity index (χ0n) is 34.8. The summed E-state index contributed by atoms with van der Waals surface area (Å²) < 4.78 is 7.86. The number of aryl methyl sites for hydroxylation is 1. The Kier molecular flexibility index (Phi) is 9.91. The van der Waals surface area contributed by atoms with Gasteiger partial charge in [-0.25, -0.2) is 0 Å². The SMILES string of the molecule is Cc1ccc2c(c1)c1ccccc1n2-c1ccc(-c2nc(-c3ccccc3)nc(-c3ccccc3)n2)c(-c2ccc[c]([Ge]([c]3ccccc3)([c]3ccccc3)[c]3ccccc3)c2)c1. The molecule has 0 fully saturated rings. The maximum atomic E-state index is 5.28. The molecule has 2 heterocycles. The van der Waals surface area contributed by atoms with Crippen LogP contribution in [-0.4, -0.2) is 32.8 Å². The molecule has 5 heteroatoms. The maximum absolute atomic E-state index is 5.28. The molecule has 0 aliphatic rings. The molecule has 0 spiro atoms. The molecule has 11 aromatic rings. The molecule has 0 aliphatic heterocycles. The number of nitrogens with zero attached hydrogens (tertiary/aromatic N) is 4. The van der Waals surface area contributed by atoms with E-state index in [4.69, 9.17) is 15.0 Å². The average molecular weight is 868 g/mol. The van der Waals surface area contributed by atoms with Crippen LogP contribution in [0.25, 0.3) is 72.8 Å². The van der Waals surface area contributed by atoms with Gasteiger partial charge in [-0.15, -0.1) is 0 Å². The number of rotatable bonds is 9. The first-order chi connectivity index (χ1) is 31.1. The van der Waals surface area contributed by atoms with Crippen LogP contribution in [0.1, 0.15) is 5.56 Å². The molecule has 0 amide bonds. The quantitative estimate of drug-likeness (QED) is 0.136. The van der Waals surface area contributed by atoms with E-state index in [-0.39, 0.29) is 0 Å². The first kappa shape index (κ1) is 38.3. The van der Waals surface area contributed by atoms with Gasteiger partial charge in [-0.2, -0.15) is 0 Å². The molecule has 0 unspecified atom stereocenters. The Morgan fingerprint density at radius 1 is 0.333 bits per heavy atom. The van der Waals surface area contributed by atoms with Crippen LogP contribution in [0.4, 0.5) is 0 Å². The van der Waals surface area contributed by atoms with Gasteiger partial charge in [0.2, 0.25) is 0 Å². The Hall–Kier alpha value is -7.67. The van der Waals surface area contributed by atoms with Crippen molar-refractivity contribution < 1.29 is 0 Å². The van der Waals surface area contributed by atoms with Gasteiger partial charge in [0.1, 0.15) is 0 Å². The van der Waals surface area contributed by atoms with E-state index >= 15 is 0 Å². The van der Waals surface area contributed by atoms with Gasteiger partial charge in [-0.05, 0) is 0 Å². The number of benzene rings is 9. The average Bonchev–Trinajstić information content (AvgIpc) is 3.69. The number of para-hydroxylation sites is 1. The van der Waals surface area contributed by atoms with Gasteiger partial charge in [0.25, 0.3) is 0 Å². The third-order valence-corrected chi connectivity index (χ3v) is 22.3. The van der Waals surface area contributed by atoms with Crippen LogP contribution in [0.3, 0.4) is 0 Å². The molecular formula is C58H42GeN4. The van der Waals surface area contributed by atoms with Crippen LogP contribution < -0.4 is 17.6 Å². The summed E-state index contributed by atoms with van der Waals surface area (Å²) in [6.07, 6.45) is 0. The van der Waals surface area contributed by atoms with E-state index in [0.717, 1.165) is 39.0 Å². The molecule has 9 aromatic carbocycles. The fourth-order valence-corrected chi connectivity index (χ4v) is 19.4. The zero-order valence-corrected chi connectivity index (χ0v) is 36.9. The first-order valence-corrected chi connectivity index (χ1v) is 25.6. The summed E-state index contributed by atoms with van der Waals surface area (Å²) >= 11 is -3.64. The van der Waals surface area contributed by atoms with E-state index in [1.807, 2.05) is 36.4 Å². The molecule has 11 rings (SSSR count). The molecule has 0 aliphatic carbocycles. The van der Waals surface area contributed by atoms with Gasteiger partial charge < -0.3 is 0 Å². The van der Waals surface area contributed by atoms with Gasteiger partial charge in [0, 0.05) is 0 Å². The summed E-state index contributed by atoms with van der Waals surface area (Å²) in [7, 11) is 0. The van der Waals surface area contributed by atoms with Gasteiger partial charge in [0.15, 0.2) is 0 Å². The minimum absolute atomic E-state index is 0.620. The second kappa shape index (κ2) is 16.3. The van der Waals surface area contributed by atoms with Crippen molar-refractivity contribution in [2.75, 3.05) is 0 Å². The molecule has 0 saturated heterocycles. The monoisotopic (exact) mass is 868 g/mol. The van der Waals surface area contributed by atoms with Crippen molar-refractivity contribution >= 4 is 52.7 Å². The normalized spacial score (nSPS) is 11.6. The van der Waals surface area contributed by atoms with E-state index in [1.54, 1.807) is 0 Å². The van der Waals surface area contributed by atoms with E-state index < -0.39 is 13.3 Å². The van der Waals surface area contributed by atoms with Crippen molar-refractivity contribution in [3.63, 3.8) is 0 Å². The third kappa shape index (κ3) is 6.86. The minimum atomic E-state index is -3.64. The predicted octanol–water partition coefficient (Wildman–Crippen LogP) is 11.3. The fourth-order valence-electron chi connectivity index (χ4n) is 9.38. The van der Waals surface area contributed by atoms with Crippen molar-refractivity contribution in [2.24, 2.45) is 0 Å². The third-order valence-electron chi connectivity index (χ3n) is 12.3. The topological polar surface area (TPSA) is 43.6 Å². The molecule has 63 heavy (non-hydrogen) atoms. The van der Waals surface area contributed by atoms with E-state index in [0.29, 0.717) is 17.5 Å². The Morgan fingerprint density at radius 2 is 0.810 bits per heavy atom. The van der Waals surface area contributed by atoms with E-state index in [1.165, 1.54) is 39.4 Å². The van der Waals surface area contributed by atoms with Gasteiger partial charge in [-0.3, -0.25) is 0 Å². The summed E-state index contributed by atoms with van der Waals surface area (Å²) in [5.74, 6) is 1.88. The van der Waals surface area contributed by atoms with Crippen LogP contribution >= 0.6 is 0 Å². The second-order valence-electron chi connectivity index (χ2n) is 16.1. The molecule has 0 bridgehead atoms. The molecule has 0 saturated carbocycles. The van der Waals surface area contributed by atoms with Crippen molar-refractivity contribution in [3.8, 4) is 51.0 Å². The Morgan fingerprint density at radius 3 is 1.40 bits per heavy atom. The van der Waals surface area contributed by atoms with Crippen molar-refractivity contribution in [1.29, 1.82) is 0 Å². The molecule has 0 N–H and O–H groups in total. The van der Waals surface area contributed by atoms with Crippen LogP contribution in [0, 0.1) is 6.92 Å². The fraction of sp³-hybridized carbons (Fsp3) is 0.0172. The standard InChI is InChI=1S/C58H42GeN4/c1-41-34-37-55-53(38-41)50-32-17-18-33-54(50)63(55)49-35-36-51(58-61-56(42-20-7-2-8-21-42)60-57(62-58)43-22-9-3-10-23-43)52(40-49)44-24-19-31-48(39-44)59(45-25-11-4-12-26-45,46-27-13-5-14-28-46)47-29-15-6-16-30-47/h2-40H,1H3. The number of hydrogen-bond acceptors (Lipinski definition) is 3. The first-order valence-electron chi connectivity index (χ1n) is 21.4.